The molecule has 1 amide bonds. The van der Waals surface area contributed by atoms with Crippen LogP contribution in [-0.4, -0.2) is 45.0 Å². The SMILES string of the molecule is O=C(CCCc1ccccc1)Nc1ccc(N2CCNCC2)c(COC2CCCCO2)c1. The highest BCUT2D eigenvalue weighted by Crippen LogP contribution is 2.27. The van der Waals surface area contributed by atoms with Gasteiger partial charge < -0.3 is 25.0 Å². The molecule has 0 bridgehead atoms. The fraction of sp³-hybridized carbons (Fsp3) is 0.500. The third-order valence-corrected chi connectivity index (χ3v) is 6.10. The van der Waals surface area contributed by atoms with Crippen LogP contribution in [0.2, 0.25) is 0 Å². The third kappa shape index (κ3) is 6.79. The van der Waals surface area contributed by atoms with E-state index in [1.54, 1.807) is 0 Å². The van der Waals surface area contributed by atoms with Crippen molar-refractivity contribution in [2.24, 2.45) is 0 Å². The van der Waals surface area contributed by atoms with E-state index in [0.717, 1.165) is 76.1 Å². The summed E-state index contributed by atoms with van der Waals surface area (Å²) in [5, 5.41) is 6.49. The Hall–Kier alpha value is -2.41. The van der Waals surface area contributed by atoms with Gasteiger partial charge in [0.2, 0.25) is 5.91 Å². The van der Waals surface area contributed by atoms with Crippen molar-refractivity contribution in [3.63, 3.8) is 0 Å². The molecule has 2 aliphatic heterocycles. The van der Waals surface area contributed by atoms with Gasteiger partial charge in [0.15, 0.2) is 6.29 Å². The Bertz CT molecular complexity index is 847. The molecule has 4 rings (SSSR count). The van der Waals surface area contributed by atoms with Crippen LogP contribution < -0.4 is 15.5 Å². The smallest absolute Gasteiger partial charge is 0.224 e. The quantitative estimate of drug-likeness (QED) is 0.618. The first-order valence-corrected chi connectivity index (χ1v) is 11.9. The van der Waals surface area contributed by atoms with Gasteiger partial charge >= 0.3 is 0 Å². The van der Waals surface area contributed by atoms with Gasteiger partial charge in [0.1, 0.15) is 0 Å². The summed E-state index contributed by atoms with van der Waals surface area (Å²) < 4.78 is 11.8. The normalized spacial score (nSPS) is 19.0. The molecule has 32 heavy (non-hydrogen) atoms. The number of amides is 1. The summed E-state index contributed by atoms with van der Waals surface area (Å²) in [4.78, 5) is 14.9. The number of piperazine rings is 1. The zero-order valence-corrected chi connectivity index (χ0v) is 18.9. The maximum Gasteiger partial charge on any atom is 0.224 e. The molecule has 2 aliphatic rings. The maximum absolute atomic E-state index is 12.5. The van der Waals surface area contributed by atoms with Gasteiger partial charge in [-0.2, -0.15) is 0 Å². The van der Waals surface area contributed by atoms with Crippen LogP contribution in [0.1, 0.15) is 43.2 Å². The number of anilines is 2. The molecule has 0 aromatic heterocycles. The molecule has 1 atom stereocenters. The molecule has 6 heteroatoms. The van der Waals surface area contributed by atoms with E-state index >= 15 is 0 Å². The molecule has 2 saturated heterocycles. The zero-order chi connectivity index (χ0) is 22.0. The number of benzene rings is 2. The highest BCUT2D eigenvalue weighted by molar-refractivity contribution is 5.91. The largest absolute Gasteiger partial charge is 0.369 e. The average molecular weight is 438 g/mol. The number of carbonyl (C=O) groups is 1. The summed E-state index contributed by atoms with van der Waals surface area (Å²) in [5.41, 5.74) is 4.38. The monoisotopic (exact) mass is 437 g/mol. The minimum absolute atomic E-state index is 0.0540. The van der Waals surface area contributed by atoms with Crippen LogP contribution in [0.15, 0.2) is 48.5 Å². The molecule has 6 nitrogen and oxygen atoms in total. The number of nitrogens with zero attached hydrogens (tertiary/aromatic N) is 1. The summed E-state index contributed by atoms with van der Waals surface area (Å²) >= 11 is 0. The molecular weight excluding hydrogens is 402 g/mol. The molecule has 2 heterocycles. The predicted octanol–water partition coefficient (Wildman–Crippen LogP) is 4.10. The van der Waals surface area contributed by atoms with Gasteiger partial charge in [0, 0.05) is 56.1 Å². The van der Waals surface area contributed by atoms with Crippen molar-refractivity contribution in [2.45, 2.75) is 51.4 Å². The maximum atomic E-state index is 12.5. The molecule has 0 spiro atoms. The number of rotatable bonds is 9. The van der Waals surface area contributed by atoms with E-state index in [2.05, 4.69) is 39.8 Å². The molecule has 0 aliphatic carbocycles. The van der Waals surface area contributed by atoms with E-state index < -0.39 is 0 Å². The molecule has 2 aromatic carbocycles. The van der Waals surface area contributed by atoms with Crippen LogP contribution in [0.25, 0.3) is 0 Å². The van der Waals surface area contributed by atoms with Crippen molar-refractivity contribution in [3.05, 3.63) is 59.7 Å². The van der Waals surface area contributed by atoms with Crippen LogP contribution in [-0.2, 0) is 27.3 Å². The van der Waals surface area contributed by atoms with E-state index in [1.807, 2.05) is 24.3 Å². The molecule has 172 valence electrons. The summed E-state index contributed by atoms with van der Waals surface area (Å²) in [6.45, 7) is 5.16. The van der Waals surface area contributed by atoms with E-state index in [-0.39, 0.29) is 12.2 Å². The Labute approximate surface area is 191 Å². The average Bonchev–Trinajstić information content (AvgIpc) is 2.85. The standard InChI is InChI=1S/C26H35N3O3/c30-25(10-6-9-21-7-2-1-3-8-21)28-23-12-13-24(29-16-14-27-15-17-29)22(19-23)20-32-26-11-4-5-18-31-26/h1-3,7-8,12-13,19,26-27H,4-6,9-11,14-18,20H2,(H,28,30). The van der Waals surface area contributed by atoms with Gasteiger partial charge in [-0.15, -0.1) is 0 Å². The lowest BCUT2D eigenvalue weighted by atomic mass is 10.1. The minimum Gasteiger partial charge on any atom is -0.369 e. The van der Waals surface area contributed by atoms with Crippen molar-refractivity contribution >= 4 is 17.3 Å². The second-order valence-corrected chi connectivity index (χ2v) is 8.58. The van der Waals surface area contributed by atoms with E-state index in [1.165, 1.54) is 11.3 Å². The number of nitrogens with one attached hydrogen (secondary N) is 2. The highest BCUT2D eigenvalue weighted by atomic mass is 16.7. The number of carbonyl (C=O) groups excluding carboxylic acids is 1. The first-order chi connectivity index (χ1) is 15.8. The molecule has 2 fully saturated rings. The van der Waals surface area contributed by atoms with Gasteiger partial charge in [-0.25, -0.2) is 0 Å². The van der Waals surface area contributed by atoms with Crippen LogP contribution in [0, 0.1) is 0 Å². The van der Waals surface area contributed by atoms with Gasteiger partial charge in [0.25, 0.3) is 0 Å². The second kappa shape index (κ2) is 12.0. The Balaban J connectivity index is 1.37. The second-order valence-electron chi connectivity index (χ2n) is 8.58. The highest BCUT2D eigenvalue weighted by Gasteiger charge is 2.18. The van der Waals surface area contributed by atoms with Gasteiger partial charge in [-0.3, -0.25) is 4.79 Å². The van der Waals surface area contributed by atoms with E-state index in [4.69, 9.17) is 9.47 Å². The first kappa shape index (κ1) is 22.8. The summed E-state index contributed by atoms with van der Waals surface area (Å²) in [5.74, 6) is 0.0540. The Morgan fingerprint density at radius 3 is 2.75 bits per heavy atom. The summed E-state index contributed by atoms with van der Waals surface area (Å²) in [7, 11) is 0. The lowest BCUT2D eigenvalue weighted by molar-refractivity contribution is -0.168. The number of ether oxygens (including phenoxy) is 2. The van der Waals surface area contributed by atoms with Crippen molar-refractivity contribution < 1.29 is 14.3 Å². The van der Waals surface area contributed by atoms with Crippen molar-refractivity contribution in [3.8, 4) is 0 Å². The number of aryl methyl sites for hydroxylation is 1. The Morgan fingerprint density at radius 1 is 1.12 bits per heavy atom. The molecule has 1 unspecified atom stereocenters. The summed E-state index contributed by atoms with van der Waals surface area (Å²) in [6.07, 6.45) is 5.33. The summed E-state index contributed by atoms with van der Waals surface area (Å²) in [6, 6.07) is 16.5. The lowest BCUT2D eigenvalue weighted by Gasteiger charge is -2.32. The molecule has 2 N–H and O–H groups in total. The zero-order valence-electron chi connectivity index (χ0n) is 18.9. The lowest BCUT2D eigenvalue weighted by Crippen LogP contribution is -2.44. The van der Waals surface area contributed by atoms with Crippen LogP contribution in [0.5, 0.6) is 0 Å². The number of hydrogen-bond donors (Lipinski definition) is 2. The fourth-order valence-electron chi connectivity index (χ4n) is 4.34. The number of hydrogen-bond acceptors (Lipinski definition) is 5. The van der Waals surface area contributed by atoms with Crippen molar-refractivity contribution in [1.29, 1.82) is 0 Å². The van der Waals surface area contributed by atoms with Crippen LogP contribution >= 0.6 is 0 Å². The van der Waals surface area contributed by atoms with Gasteiger partial charge in [-0.1, -0.05) is 30.3 Å². The third-order valence-electron chi connectivity index (χ3n) is 6.10. The van der Waals surface area contributed by atoms with Gasteiger partial charge in [0.05, 0.1) is 6.61 Å². The van der Waals surface area contributed by atoms with Gasteiger partial charge in [-0.05, 0) is 55.9 Å². The van der Waals surface area contributed by atoms with Crippen molar-refractivity contribution in [2.75, 3.05) is 43.0 Å². The van der Waals surface area contributed by atoms with Crippen molar-refractivity contribution in [1.82, 2.24) is 5.32 Å². The Morgan fingerprint density at radius 2 is 1.97 bits per heavy atom. The molecule has 0 saturated carbocycles. The fourth-order valence-corrected chi connectivity index (χ4v) is 4.34. The van der Waals surface area contributed by atoms with E-state index in [0.29, 0.717) is 13.0 Å². The molecule has 0 radical (unpaired) electrons. The molecule has 2 aromatic rings. The molecular formula is C26H35N3O3. The van der Waals surface area contributed by atoms with E-state index in [9.17, 15) is 4.79 Å². The topological polar surface area (TPSA) is 62.8 Å². The first-order valence-electron chi connectivity index (χ1n) is 11.9. The minimum atomic E-state index is -0.129. The Kier molecular flexibility index (Phi) is 8.54. The van der Waals surface area contributed by atoms with Crippen LogP contribution in [0.3, 0.4) is 0 Å². The predicted molar refractivity (Wildman–Crippen MR) is 128 cm³/mol. The van der Waals surface area contributed by atoms with Crippen LogP contribution in [0.4, 0.5) is 11.4 Å².